The van der Waals surface area contributed by atoms with E-state index < -0.39 is 23.6 Å². The van der Waals surface area contributed by atoms with Crippen LogP contribution in [-0.4, -0.2) is 0 Å². The molecule has 6 heteroatoms. The molecule has 0 aliphatic heterocycles. The molecule has 0 aliphatic carbocycles. The summed E-state index contributed by atoms with van der Waals surface area (Å²) in [7, 11) is 0. The lowest BCUT2D eigenvalue weighted by atomic mass is 9.99. The number of hydrogen-bond acceptors (Lipinski definition) is 1. The predicted octanol–water partition coefficient (Wildman–Crippen LogP) is 4.46. The van der Waals surface area contributed by atoms with Crippen molar-refractivity contribution < 1.29 is 17.6 Å². The van der Waals surface area contributed by atoms with Gasteiger partial charge in [-0.2, -0.15) is 13.2 Å². The van der Waals surface area contributed by atoms with E-state index >= 15 is 0 Å². The van der Waals surface area contributed by atoms with Crippen LogP contribution in [0, 0.1) is 5.82 Å². The highest BCUT2D eigenvalue weighted by Crippen LogP contribution is 2.33. The van der Waals surface area contributed by atoms with Gasteiger partial charge in [0.15, 0.2) is 0 Å². The summed E-state index contributed by atoms with van der Waals surface area (Å²) < 4.78 is 50.4. The Balaban J connectivity index is 0.00000289. The molecular weight excluding hydrogens is 270 g/mol. The van der Waals surface area contributed by atoms with E-state index in [9.17, 15) is 17.6 Å². The van der Waals surface area contributed by atoms with Crippen LogP contribution in [0.2, 0.25) is 0 Å². The van der Waals surface area contributed by atoms with Gasteiger partial charge in [-0.1, -0.05) is 25.8 Å². The minimum Gasteiger partial charge on any atom is -0.324 e. The Morgan fingerprint density at radius 1 is 1.28 bits per heavy atom. The Morgan fingerprint density at radius 2 is 1.89 bits per heavy atom. The fourth-order valence-electron chi connectivity index (χ4n) is 1.58. The fourth-order valence-corrected chi connectivity index (χ4v) is 1.58. The van der Waals surface area contributed by atoms with Crippen LogP contribution in [0.3, 0.4) is 0 Å². The van der Waals surface area contributed by atoms with E-state index in [1.165, 1.54) is 6.07 Å². The van der Waals surface area contributed by atoms with Gasteiger partial charge in [-0.3, -0.25) is 0 Å². The quantitative estimate of drug-likeness (QED) is 0.812. The molecule has 18 heavy (non-hydrogen) atoms. The van der Waals surface area contributed by atoms with Gasteiger partial charge in [0, 0.05) is 6.04 Å². The zero-order valence-electron chi connectivity index (χ0n) is 9.93. The monoisotopic (exact) mass is 285 g/mol. The van der Waals surface area contributed by atoms with Gasteiger partial charge in [0.05, 0.1) is 5.56 Å². The van der Waals surface area contributed by atoms with Crippen LogP contribution in [-0.2, 0) is 6.18 Å². The van der Waals surface area contributed by atoms with Crippen molar-refractivity contribution in [3.8, 4) is 0 Å². The molecule has 0 spiro atoms. The Hall–Kier alpha value is -0.810. The topological polar surface area (TPSA) is 26.0 Å². The van der Waals surface area contributed by atoms with Crippen molar-refractivity contribution in [2.24, 2.45) is 5.73 Å². The van der Waals surface area contributed by atoms with E-state index in [4.69, 9.17) is 5.73 Å². The molecule has 0 radical (unpaired) electrons. The predicted molar refractivity (Wildman–Crippen MR) is 65.1 cm³/mol. The normalized spacial score (nSPS) is 13.0. The largest absolute Gasteiger partial charge is 0.419 e. The summed E-state index contributed by atoms with van der Waals surface area (Å²) in [6.45, 7) is 1.97. The van der Waals surface area contributed by atoms with E-state index in [0.29, 0.717) is 12.0 Å². The van der Waals surface area contributed by atoms with Crippen molar-refractivity contribution in [2.75, 3.05) is 0 Å². The standard InChI is InChI=1S/C12H15F4N.ClH/c1-2-3-4-11(17)8-5-6-10(13)9(7-8)12(14,15)16;/h5-7,11H,2-4,17H2,1H3;1H/t11-;/m1./s1. The van der Waals surface area contributed by atoms with Crippen molar-refractivity contribution in [1.29, 1.82) is 0 Å². The molecule has 1 aromatic carbocycles. The summed E-state index contributed by atoms with van der Waals surface area (Å²) in [6.07, 6.45) is -2.33. The Bertz CT molecular complexity index is 379. The first-order valence-electron chi connectivity index (χ1n) is 5.48. The van der Waals surface area contributed by atoms with Gasteiger partial charge < -0.3 is 5.73 Å². The lowest BCUT2D eigenvalue weighted by Gasteiger charge is -2.14. The molecule has 104 valence electrons. The Kier molecular flexibility index (Phi) is 6.63. The molecule has 0 bridgehead atoms. The van der Waals surface area contributed by atoms with Crippen LogP contribution < -0.4 is 5.73 Å². The summed E-state index contributed by atoms with van der Waals surface area (Å²) in [5.74, 6) is -1.26. The van der Waals surface area contributed by atoms with E-state index in [1.807, 2.05) is 6.92 Å². The number of nitrogens with two attached hydrogens (primary N) is 1. The van der Waals surface area contributed by atoms with Gasteiger partial charge in [0.2, 0.25) is 0 Å². The van der Waals surface area contributed by atoms with Crippen LogP contribution in [0.25, 0.3) is 0 Å². The van der Waals surface area contributed by atoms with Gasteiger partial charge in [0.25, 0.3) is 0 Å². The second kappa shape index (κ2) is 6.95. The second-order valence-corrected chi connectivity index (χ2v) is 3.99. The highest BCUT2D eigenvalue weighted by molar-refractivity contribution is 5.85. The minimum absolute atomic E-state index is 0. The summed E-state index contributed by atoms with van der Waals surface area (Å²) in [6, 6.07) is 2.46. The maximum absolute atomic E-state index is 13.0. The van der Waals surface area contributed by atoms with Gasteiger partial charge in [0.1, 0.15) is 5.82 Å². The summed E-state index contributed by atoms with van der Waals surface area (Å²) >= 11 is 0. The lowest BCUT2D eigenvalue weighted by Crippen LogP contribution is -2.14. The van der Waals surface area contributed by atoms with Crippen molar-refractivity contribution in [3.05, 3.63) is 35.1 Å². The second-order valence-electron chi connectivity index (χ2n) is 3.99. The first kappa shape index (κ1) is 17.2. The number of benzene rings is 1. The molecule has 0 fully saturated rings. The molecule has 0 aromatic heterocycles. The summed E-state index contributed by atoms with van der Waals surface area (Å²) in [5, 5.41) is 0. The maximum atomic E-state index is 13.0. The summed E-state index contributed by atoms with van der Waals surface area (Å²) in [5.41, 5.74) is 4.83. The third-order valence-corrected chi connectivity index (χ3v) is 2.59. The molecule has 2 N–H and O–H groups in total. The number of alkyl halides is 3. The van der Waals surface area contributed by atoms with Crippen molar-refractivity contribution in [3.63, 3.8) is 0 Å². The van der Waals surface area contributed by atoms with Crippen LogP contribution in [0.4, 0.5) is 17.6 Å². The van der Waals surface area contributed by atoms with E-state index in [0.717, 1.165) is 25.0 Å². The maximum Gasteiger partial charge on any atom is 0.419 e. The molecule has 0 aliphatic rings. The lowest BCUT2D eigenvalue weighted by molar-refractivity contribution is -0.140. The Morgan fingerprint density at radius 3 is 2.39 bits per heavy atom. The third-order valence-electron chi connectivity index (χ3n) is 2.59. The number of hydrogen-bond donors (Lipinski definition) is 1. The van der Waals surface area contributed by atoms with E-state index in [1.54, 1.807) is 0 Å². The zero-order valence-corrected chi connectivity index (χ0v) is 10.7. The summed E-state index contributed by atoms with van der Waals surface area (Å²) in [4.78, 5) is 0. The molecule has 0 saturated carbocycles. The van der Waals surface area contributed by atoms with Crippen molar-refractivity contribution in [1.82, 2.24) is 0 Å². The van der Waals surface area contributed by atoms with E-state index in [-0.39, 0.29) is 12.4 Å². The van der Waals surface area contributed by atoms with Gasteiger partial charge in [-0.25, -0.2) is 4.39 Å². The van der Waals surface area contributed by atoms with Gasteiger partial charge in [-0.15, -0.1) is 12.4 Å². The van der Waals surface area contributed by atoms with Gasteiger partial charge >= 0.3 is 6.18 Å². The number of rotatable bonds is 4. The van der Waals surface area contributed by atoms with Crippen LogP contribution in [0.15, 0.2) is 18.2 Å². The molecule has 1 nitrogen and oxygen atoms in total. The third kappa shape index (κ3) is 4.46. The minimum atomic E-state index is -4.68. The van der Waals surface area contributed by atoms with Gasteiger partial charge in [-0.05, 0) is 24.1 Å². The van der Waals surface area contributed by atoms with Crippen molar-refractivity contribution >= 4 is 12.4 Å². The molecule has 1 atom stereocenters. The van der Waals surface area contributed by atoms with Crippen LogP contribution in [0.5, 0.6) is 0 Å². The molecular formula is C12H16ClF4N. The highest BCUT2D eigenvalue weighted by atomic mass is 35.5. The number of unbranched alkanes of at least 4 members (excludes halogenated alkanes) is 1. The molecule has 0 unspecified atom stereocenters. The average molecular weight is 286 g/mol. The molecule has 0 saturated heterocycles. The molecule has 1 rings (SSSR count). The van der Waals surface area contributed by atoms with E-state index in [2.05, 4.69) is 0 Å². The highest BCUT2D eigenvalue weighted by Gasteiger charge is 2.34. The number of halogens is 5. The Labute approximate surface area is 110 Å². The first-order chi connectivity index (χ1) is 7.86. The van der Waals surface area contributed by atoms with Crippen LogP contribution >= 0.6 is 12.4 Å². The van der Waals surface area contributed by atoms with Crippen molar-refractivity contribution in [2.45, 2.75) is 38.4 Å². The SMILES string of the molecule is CCCC[C@@H](N)c1ccc(F)c(C(F)(F)F)c1.Cl. The van der Waals surface area contributed by atoms with Crippen LogP contribution in [0.1, 0.15) is 43.4 Å². The zero-order chi connectivity index (χ0) is 13.1. The smallest absolute Gasteiger partial charge is 0.324 e. The first-order valence-corrected chi connectivity index (χ1v) is 5.48. The molecule has 0 amide bonds. The molecule has 0 heterocycles. The average Bonchev–Trinajstić information content (AvgIpc) is 2.25. The fraction of sp³-hybridized carbons (Fsp3) is 0.500. The molecule has 1 aromatic rings.